The lowest BCUT2D eigenvalue weighted by atomic mass is 9.88. The molecule has 1 rings (SSSR count). The molecule has 0 saturated carbocycles. The summed E-state index contributed by atoms with van der Waals surface area (Å²) >= 11 is 0. The van der Waals surface area contributed by atoms with Gasteiger partial charge in [-0.2, -0.15) is 0 Å². The third kappa shape index (κ3) is 4.94. The van der Waals surface area contributed by atoms with Gasteiger partial charge in [0.15, 0.2) is 0 Å². The minimum atomic E-state index is -1.29. The van der Waals surface area contributed by atoms with Crippen molar-refractivity contribution in [3.63, 3.8) is 0 Å². The van der Waals surface area contributed by atoms with E-state index in [0.717, 1.165) is 5.56 Å². The summed E-state index contributed by atoms with van der Waals surface area (Å²) in [6, 6.07) is 1.65. The van der Waals surface area contributed by atoms with Crippen LogP contribution in [0.3, 0.4) is 0 Å². The lowest BCUT2D eigenvalue weighted by Gasteiger charge is -2.26. The first-order chi connectivity index (χ1) is 10.4. The largest absolute Gasteiger partial charge is 0.480 e. The predicted molar refractivity (Wildman–Crippen MR) is 85.1 cm³/mol. The Balaban J connectivity index is 3.10. The first-order valence-electron chi connectivity index (χ1n) is 7.42. The average Bonchev–Trinajstić information content (AvgIpc) is 2.38. The molecule has 0 aromatic heterocycles. The van der Waals surface area contributed by atoms with Crippen LogP contribution >= 0.6 is 0 Å². The maximum atomic E-state index is 14.2. The summed E-state index contributed by atoms with van der Waals surface area (Å²) < 4.78 is 19.3. The predicted octanol–water partition coefficient (Wildman–Crippen LogP) is 3.52. The molecule has 0 radical (unpaired) electrons. The Morgan fingerprint density at radius 3 is 2.30 bits per heavy atom. The first-order valence-corrected chi connectivity index (χ1v) is 7.42. The van der Waals surface area contributed by atoms with Gasteiger partial charge in [0.25, 0.3) is 0 Å². The molecule has 23 heavy (non-hydrogen) atoms. The number of alkyl carbamates (subject to hydrolysis) is 1. The van der Waals surface area contributed by atoms with Crippen molar-refractivity contribution in [2.24, 2.45) is 0 Å². The summed E-state index contributed by atoms with van der Waals surface area (Å²) in [6.45, 7) is 10.2. The lowest BCUT2D eigenvalue weighted by molar-refractivity contribution is -0.140. The fourth-order valence-corrected chi connectivity index (χ4v) is 2.37. The Labute approximate surface area is 135 Å². The van der Waals surface area contributed by atoms with Gasteiger partial charge in [0.2, 0.25) is 0 Å². The van der Waals surface area contributed by atoms with Crippen molar-refractivity contribution in [2.75, 3.05) is 0 Å². The number of carboxylic acid groups (broad SMARTS) is 1. The molecule has 0 bridgehead atoms. The Bertz CT molecular complexity index is 607. The number of halogens is 1. The van der Waals surface area contributed by atoms with Crippen LogP contribution in [0.4, 0.5) is 9.18 Å². The van der Waals surface area contributed by atoms with Crippen LogP contribution < -0.4 is 5.32 Å². The zero-order chi connectivity index (χ0) is 17.9. The van der Waals surface area contributed by atoms with Crippen LogP contribution in [0, 0.1) is 19.7 Å². The monoisotopic (exact) mass is 325 g/mol. The van der Waals surface area contributed by atoms with Gasteiger partial charge in [0.05, 0.1) is 0 Å². The number of aliphatic carboxylic acids is 1. The number of hydrogen-bond donors (Lipinski definition) is 2. The third-order valence-corrected chi connectivity index (χ3v) is 3.63. The highest BCUT2D eigenvalue weighted by Crippen LogP contribution is 2.28. The Morgan fingerprint density at radius 2 is 1.83 bits per heavy atom. The van der Waals surface area contributed by atoms with Crippen LogP contribution in [0.25, 0.3) is 0 Å². The van der Waals surface area contributed by atoms with Gasteiger partial charge in [-0.3, -0.25) is 0 Å². The molecular formula is C17H24FNO4. The lowest BCUT2D eigenvalue weighted by Crippen LogP contribution is -2.46. The molecule has 0 heterocycles. The van der Waals surface area contributed by atoms with E-state index >= 15 is 0 Å². The number of amides is 1. The van der Waals surface area contributed by atoms with E-state index in [0.29, 0.717) is 5.56 Å². The molecule has 128 valence electrons. The van der Waals surface area contributed by atoms with Crippen LogP contribution in [0.1, 0.15) is 50.3 Å². The molecule has 0 spiro atoms. The molecule has 6 heteroatoms. The molecule has 1 unspecified atom stereocenters. The van der Waals surface area contributed by atoms with Crippen molar-refractivity contribution in [3.8, 4) is 0 Å². The van der Waals surface area contributed by atoms with Crippen LogP contribution in [0.15, 0.2) is 12.1 Å². The van der Waals surface area contributed by atoms with Gasteiger partial charge in [-0.05, 0) is 57.4 Å². The highest BCUT2D eigenvalue weighted by Gasteiger charge is 2.32. The number of carbonyl (C=O) groups is 2. The van der Waals surface area contributed by atoms with Gasteiger partial charge >= 0.3 is 12.1 Å². The number of ether oxygens (including phenoxy) is 1. The van der Waals surface area contributed by atoms with Crippen molar-refractivity contribution in [2.45, 2.75) is 59.1 Å². The molecule has 0 fully saturated rings. The summed E-state index contributed by atoms with van der Waals surface area (Å²) in [6.07, 6.45) is -0.845. The summed E-state index contributed by atoms with van der Waals surface area (Å²) in [7, 11) is 0. The summed E-state index contributed by atoms with van der Waals surface area (Å²) in [5, 5.41) is 11.7. The molecule has 0 aliphatic heterocycles. The van der Waals surface area contributed by atoms with Crippen LogP contribution in [-0.4, -0.2) is 28.8 Å². The van der Waals surface area contributed by atoms with E-state index in [1.807, 2.05) is 6.92 Å². The molecule has 2 atom stereocenters. The summed E-state index contributed by atoms with van der Waals surface area (Å²) in [4.78, 5) is 23.4. The molecular weight excluding hydrogens is 301 g/mol. The van der Waals surface area contributed by atoms with Crippen LogP contribution in [0.5, 0.6) is 0 Å². The quantitative estimate of drug-likeness (QED) is 0.888. The molecule has 5 nitrogen and oxygen atoms in total. The minimum absolute atomic E-state index is 0.286. The Morgan fingerprint density at radius 1 is 1.26 bits per heavy atom. The fourth-order valence-electron chi connectivity index (χ4n) is 2.37. The van der Waals surface area contributed by atoms with Crippen LogP contribution in [0.2, 0.25) is 0 Å². The van der Waals surface area contributed by atoms with E-state index in [2.05, 4.69) is 5.32 Å². The van der Waals surface area contributed by atoms with E-state index in [9.17, 15) is 19.1 Å². The highest BCUT2D eigenvalue weighted by molar-refractivity contribution is 5.81. The van der Waals surface area contributed by atoms with Gasteiger partial charge < -0.3 is 15.2 Å². The van der Waals surface area contributed by atoms with Gasteiger partial charge in [-0.15, -0.1) is 0 Å². The van der Waals surface area contributed by atoms with E-state index in [4.69, 9.17) is 4.74 Å². The molecule has 0 aliphatic carbocycles. The van der Waals surface area contributed by atoms with Gasteiger partial charge in [-0.25, -0.2) is 14.0 Å². The van der Waals surface area contributed by atoms with Crippen molar-refractivity contribution >= 4 is 12.1 Å². The molecule has 1 aromatic rings. The van der Waals surface area contributed by atoms with Crippen molar-refractivity contribution in [3.05, 3.63) is 34.6 Å². The number of hydrogen-bond acceptors (Lipinski definition) is 3. The second-order valence-corrected chi connectivity index (χ2v) is 6.65. The highest BCUT2D eigenvalue weighted by atomic mass is 19.1. The van der Waals surface area contributed by atoms with E-state index in [-0.39, 0.29) is 5.56 Å². The number of rotatable bonds is 4. The van der Waals surface area contributed by atoms with Gasteiger partial charge in [0.1, 0.15) is 17.5 Å². The van der Waals surface area contributed by atoms with Gasteiger partial charge in [0, 0.05) is 5.92 Å². The number of carbonyl (C=O) groups excluding carboxylic acids is 1. The first kappa shape index (κ1) is 18.9. The maximum absolute atomic E-state index is 14.2. The van der Waals surface area contributed by atoms with E-state index in [1.54, 1.807) is 40.7 Å². The van der Waals surface area contributed by atoms with Crippen molar-refractivity contribution < 1.29 is 23.8 Å². The molecule has 0 aliphatic rings. The number of carboxylic acids is 1. The second kappa shape index (κ2) is 6.98. The Kier molecular flexibility index (Phi) is 5.75. The summed E-state index contributed by atoms with van der Waals surface area (Å²) in [5.74, 6) is -2.48. The smallest absolute Gasteiger partial charge is 0.408 e. The maximum Gasteiger partial charge on any atom is 0.408 e. The topological polar surface area (TPSA) is 75.6 Å². The number of aryl methyl sites for hydroxylation is 1. The second-order valence-electron chi connectivity index (χ2n) is 6.65. The van der Waals surface area contributed by atoms with Crippen LogP contribution in [-0.2, 0) is 9.53 Å². The standard InChI is InChI=1S/C17H24FNO4/c1-9-7-8-12(18)13(10(9)2)11(3)14(15(20)21)19-16(22)23-17(4,5)6/h7-8,11,14H,1-6H3,(H,19,22)(H,20,21)/t11?,14-/m0/s1. The van der Waals surface area contributed by atoms with Crippen molar-refractivity contribution in [1.82, 2.24) is 5.32 Å². The zero-order valence-corrected chi connectivity index (χ0v) is 14.4. The third-order valence-electron chi connectivity index (χ3n) is 3.63. The number of benzene rings is 1. The zero-order valence-electron chi connectivity index (χ0n) is 14.4. The summed E-state index contributed by atoms with van der Waals surface area (Å²) in [5.41, 5.74) is 1.07. The number of nitrogens with one attached hydrogen (secondary N) is 1. The van der Waals surface area contributed by atoms with Crippen molar-refractivity contribution in [1.29, 1.82) is 0 Å². The van der Waals surface area contributed by atoms with Gasteiger partial charge in [-0.1, -0.05) is 13.0 Å². The SMILES string of the molecule is Cc1ccc(F)c(C(C)[C@H](NC(=O)OC(C)(C)C)C(=O)O)c1C. The fraction of sp³-hybridized carbons (Fsp3) is 0.529. The van der Waals surface area contributed by atoms with E-state index in [1.165, 1.54) is 6.07 Å². The Hall–Kier alpha value is -2.11. The molecule has 1 aromatic carbocycles. The normalized spacial score (nSPS) is 14.0. The average molecular weight is 325 g/mol. The van der Waals surface area contributed by atoms with E-state index < -0.39 is 35.4 Å². The molecule has 1 amide bonds. The molecule has 2 N–H and O–H groups in total. The molecule has 0 saturated heterocycles. The minimum Gasteiger partial charge on any atom is -0.480 e.